The quantitative estimate of drug-likeness (QED) is 0.601. The predicted octanol–water partition coefficient (Wildman–Crippen LogP) is 1.47. The fraction of sp³-hybridized carbons (Fsp3) is 1.00. The number of nitrogens with one attached hydrogen (secondary N) is 1. The lowest BCUT2D eigenvalue weighted by Gasteiger charge is -2.39. The Kier molecular flexibility index (Phi) is 4.67. The molecule has 1 saturated carbocycles. The van der Waals surface area contributed by atoms with E-state index in [0.29, 0.717) is 23.3 Å². The molecule has 1 heterocycles. The summed E-state index contributed by atoms with van der Waals surface area (Å²) in [5, 5.41) is 0. The maximum absolute atomic E-state index is 11.6. The van der Waals surface area contributed by atoms with Crippen molar-refractivity contribution >= 4 is 9.84 Å². The lowest BCUT2D eigenvalue weighted by atomic mass is 9.71. The zero-order valence-electron chi connectivity index (χ0n) is 11.3. The molecule has 5 heteroatoms. The summed E-state index contributed by atoms with van der Waals surface area (Å²) in [6.45, 7) is 2.24. The van der Waals surface area contributed by atoms with Crippen LogP contribution in [-0.4, -0.2) is 26.0 Å². The van der Waals surface area contributed by atoms with Crippen LogP contribution in [0.3, 0.4) is 0 Å². The number of hydrazine groups is 1. The van der Waals surface area contributed by atoms with Gasteiger partial charge in [0, 0.05) is 6.04 Å². The van der Waals surface area contributed by atoms with Crippen LogP contribution in [0.4, 0.5) is 0 Å². The van der Waals surface area contributed by atoms with Crippen molar-refractivity contribution in [2.45, 2.75) is 51.5 Å². The van der Waals surface area contributed by atoms with Gasteiger partial charge in [0.1, 0.15) is 0 Å². The molecule has 1 saturated heterocycles. The monoisotopic (exact) mass is 274 g/mol. The summed E-state index contributed by atoms with van der Waals surface area (Å²) in [5.74, 6) is 7.91. The van der Waals surface area contributed by atoms with Gasteiger partial charge in [-0.2, -0.15) is 0 Å². The van der Waals surface area contributed by atoms with Crippen LogP contribution in [0.5, 0.6) is 0 Å². The Hall–Kier alpha value is -0.130. The average Bonchev–Trinajstić information content (AvgIpc) is 2.71. The lowest BCUT2D eigenvalue weighted by molar-refractivity contribution is 0.144. The summed E-state index contributed by atoms with van der Waals surface area (Å²) in [4.78, 5) is 0. The summed E-state index contributed by atoms with van der Waals surface area (Å²) in [6.07, 6.45) is 7.02. The first-order valence-corrected chi connectivity index (χ1v) is 9.06. The first-order valence-electron chi connectivity index (χ1n) is 7.24. The highest BCUT2D eigenvalue weighted by molar-refractivity contribution is 7.91. The Bertz CT molecular complexity index is 369. The minimum atomic E-state index is -2.81. The van der Waals surface area contributed by atoms with Crippen LogP contribution in [0.1, 0.15) is 45.4 Å². The van der Waals surface area contributed by atoms with E-state index >= 15 is 0 Å². The zero-order valence-corrected chi connectivity index (χ0v) is 12.1. The fourth-order valence-electron chi connectivity index (χ4n) is 3.93. The minimum absolute atomic E-state index is 0.188. The van der Waals surface area contributed by atoms with Gasteiger partial charge in [0.2, 0.25) is 0 Å². The molecule has 0 aromatic heterocycles. The van der Waals surface area contributed by atoms with E-state index in [4.69, 9.17) is 5.84 Å². The van der Waals surface area contributed by atoms with Gasteiger partial charge >= 0.3 is 0 Å². The Morgan fingerprint density at radius 2 is 2.00 bits per heavy atom. The topological polar surface area (TPSA) is 72.2 Å². The van der Waals surface area contributed by atoms with Crippen molar-refractivity contribution in [1.29, 1.82) is 0 Å². The van der Waals surface area contributed by atoms with Crippen molar-refractivity contribution in [2.24, 2.45) is 23.6 Å². The summed E-state index contributed by atoms with van der Waals surface area (Å²) in [6, 6.07) is 0.188. The van der Waals surface area contributed by atoms with Crippen LogP contribution in [0.15, 0.2) is 0 Å². The van der Waals surface area contributed by atoms with Crippen LogP contribution in [0.25, 0.3) is 0 Å². The third kappa shape index (κ3) is 3.06. The molecule has 0 spiro atoms. The highest BCUT2D eigenvalue weighted by Crippen LogP contribution is 2.38. The average molecular weight is 274 g/mol. The van der Waals surface area contributed by atoms with Gasteiger partial charge in [-0.25, -0.2) is 8.42 Å². The van der Waals surface area contributed by atoms with E-state index in [-0.39, 0.29) is 12.0 Å². The summed E-state index contributed by atoms with van der Waals surface area (Å²) < 4.78 is 23.3. The van der Waals surface area contributed by atoms with Crippen LogP contribution in [0, 0.1) is 17.8 Å². The third-order valence-electron chi connectivity index (χ3n) is 4.92. The molecule has 0 aromatic rings. The number of hydrogen-bond acceptors (Lipinski definition) is 4. The molecule has 0 aromatic carbocycles. The molecule has 1 aliphatic heterocycles. The van der Waals surface area contributed by atoms with Crippen molar-refractivity contribution in [3.63, 3.8) is 0 Å². The Morgan fingerprint density at radius 1 is 1.28 bits per heavy atom. The second-order valence-electron chi connectivity index (χ2n) is 5.97. The highest BCUT2D eigenvalue weighted by Gasteiger charge is 2.39. The molecule has 3 N–H and O–H groups in total. The van der Waals surface area contributed by atoms with Crippen molar-refractivity contribution in [1.82, 2.24) is 5.43 Å². The van der Waals surface area contributed by atoms with Gasteiger partial charge in [-0.05, 0) is 30.6 Å². The predicted molar refractivity (Wildman–Crippen MR) is 73.6 cm³/mol. The maximum atomic E-state index is 11.6. The van der Waals surface area contributed by atoms with Crippen LogP contribution in [0.2, 0.25) is 0 Å². The third-order valence-corrected chi connectivity index (χ3v) is 6.72. The maximum Gasteiger partial charge on any atom is 0.150 e. The molecule has 106 valence electrons. The standard InChI is InChI=1S/C13H26N2O2S/c1-2-10-5-3-4-6-12(10)13(15-14)11-7-8-18(16,17)9-11/h10-13,15H,2-9,14H2,1H3. The molecular weight excluding hydrogens is 248 g/mol. The van der Waals surface area contributed by atoms with E-state index in [1.807, 2.05) is 0 Å². The summed E-state index contributed by atoms with van der Waals surface area (Å²) in [5.41, 5.74) is 2.95. The summed E-state index contributed by atoms with van der Waals surface area (Å²) in [7, 11) is -2.81. The van der Waals surface area contributed by atoms with Crippen LogP contribution in [-0.2, 0) is 9.84 Å². The van der Waals surface area contributed by atoms with E-state index < -0.39 is 9.84 Å². The molecule has 0 bridgehead atoms. The summed E-state index contributed by atoms with van der Waals surface area (Å²) >= 11 is 0. The van der Waals surface area contributed by atoms with Crippen molar-refractivity contribution in [2.75, 3.05) is 11.5 Å². The number of sulfone groups is 1. The molecule has 2 aliphatic rings. The highest BCUT2D eigenvalue weighted by atomic mass is 32.2. The number of rotatable bonds is 4. The second-order valence-corrected chi connectivity index (χ2v) is 8.20. The van der Waals surface area contributed by atoms with Crippen molar-refractivity contribution in [3.8, 4) is 0 Å². The molecule has 0 radical (unpaired) electrons. The van der Waals surface area contributed by atoms with Crippen LogP contribution >= 0.6 is 0 Å². The van der Waals surface area contributed by atoms with E-state index in [9.17, 15) is 8.42 Å². The molecule has 4 atom stereocenters. The molecule has 1 aliphatic carbocycles. The molecule has 18 heavy (non-hydrogen) atoms. The van der Waals surface area contributed by atoms with Gasteiger partial charge in [-0.3, -0.25) is 11.3 Å². The van der Waals surface area contributed by atoms with E-state index in [1.165, 1.54) is 32.1 Å². The van der Waals surface area contributed by atoms with E-state index in [1.54, 1.807) is 0 Å². The molecule has 2 fully saturated rings. The Morgan fingerprint density at radius 3 is 2.56 bits per heavy atom. The van der Waals surface area contributed by atoms with Gasteiger partial charge in [0.05, 0.1) is 11.5 Å². The smallest absolute Gasteiger partial charge is 0.150 e. The first-order chi connectivity index (χ1) is 8.57. The zero-order chi connectivity index (χ0) is 13.2. The second kappa shape index (κ2) is 5.88. The molecule has 4 nitrogen and oxygen atoms in total. The largest absolute Gasteiger partial charge is 0.271 e. The van der Waals surface area contributed by atoms with Crippen LogP contribution < -0.4 is 11.3 Å². The van der Waals surface area contributed by atoms with Crippen molar-refractivity contribution in [3.05, 3.63) is 0 Å². The van der Waals surface area contributed by atoms with Gasteiger partial charge in [-0.1, -0.05) is 32.6 Å². The van der Waals surface area contributed by atoms with Gasteiger partial charge in [0.25, 0.3) is 0 Å². The van der Waals surface area contributed by atoms with Gasteiger partial charge in [-0.15, -0.1) is 0 Å². The number of nitrogens with two attached hydrogens (primary N) is 1. The number of hydrogen-bond donors (Lipinski definition) is 2. The fourth-order valence-corrected chi connectivity index (χ4v) is 5.79. The van der Waals surface area contributed by atoms with Gasteiger partial charge < -0.3 is 0 Å². The molecular formula is C13H26N2O2S. The SMILES string of the molecule is CCC1CCCCC1C(NN)C1CCS(=O)(=O)C1. The Balaban J connectivity index is 2.07. The minimum Gasteiger partial charge on any atom is -0.271 e. The molecule has 4 unspecified atom stereocenters. The molecule has 0 amide bonds. The normalized spacial score (nSPS) is 37.6. The Labute approximate surface area is 111 Å². The molecule has 2 rings (SSSR count). The lowest BCUT2D eigenvalue weighted by Crippen LogP contribution is -2.49. The van der Waals surface area contributed by atoms with Gasteiger partial charge in [0.15, 0.2) is 9.84 Å². The van der Waals surface area contributed by atoms with E-state index in [2.05, 4.69) is 12.3 Å². The first kappa shape index (κ1) is 14.3. The van der Waals surface area contributed by atoms with Crippen molar-refractivity contribution < 1.29 is 8.42 Å². The van der Waals surface area contributed by atoms with E-state index in [0.717, 1.165) is 6.42 Å².